The van der Waals surface area contributed by atoms with Gasteiger partial charge in [0.05, 0.1) is 22.2 Å². The highest BCUT2D eigenvalue weighted by atomic mass is 35.5. The maximum Gasteiger partial charge on any atom is 0.435 e. The second kappa shape index (κ2) is 6.74. The van der Waals surface area contributed by atoms with Crippen molar-refractivity contribution < 1.29 is 44.6 Å². The Morgan fingerprint density at radius 2 is 1.33 bits per heavy atom. The summed E-state index contributed by atoms with van der Waals surface area (Å²) in [5.41, 5.74) is -8.25. The quantitative estimate of drug-likeness (QED) is 0.598. The van der Waals surface area contributed by atoms with Gasteiger partial charge in [0.25, 0.3) is 0 Å². The molecule has 1 N–H and O–H groups in total. The second-order valence-electron chi connectivity index (χ2n) is 5.03. The zero-order valence-corrected chi connectivity index (χ0v) is 13.9. The lowest BCUT2D eigenvalue weighted by molar-refractivity contribution is -0.145. The lowest BCUT2D eigenvalue weighted by atomic mass is 10.1. The number of hydrogen-bond acceptors (Lipinski definition) is 2. The molecular weight excluding hydrogens is 442 g/mol. The number of rotatable bonds is 2. The standard InChI is InChI=1S/C13H5Cl2F9N2O/c14-6-1-4(11(16,17)18)2-7(15)8(6)26-10(13(22,23)24)5(3-27)9(25-26)12(19,20)21/h1-2,27H,3H2. The predicted octanol–water partition coefficient (Wildman–Crippen LogP) is 5.73. The van der Waals surface area contributed by atoms with Crippen molar-refractivity contribution in [3.8, 4) is 5.69 Å². The van der Waals surface area contributed by atoms with E-state index in [4.69, 9.17) is 28.3 Å². The van der Waals surface area contributed by atoms with Crippen LogP contribution in [0.1, 0.15) is 22.5 Å². The van der Waals surface area contributed by atoms with E-state index in [9.17, 15) is 39.5 Å². The molecular formula is C13H5Cl2F9N2O. The minimum atomic E-state index is -5.47. The first-order valence-electron chi connectivity index (χ1n) is 6.52. The van der Waals surface area contributed by atoms with Crippen molar-refractivity contribution >= 4 is 23.2 Å². The van der Waals surface area contributed by atoms with Gasteiger partial charge >= 0.3 is 18.5 Å². The Bertz CT molecular complexity index is 845. The van der Waals surface area contributed by atoms with Crippen LogP contribution in [0.15, 0.2) is 12.1 Å². The fourth-order valence-electron chi connectivity index (χ4n) is 2.21. The molecule has 0 saturated heterocycles. The van der Waals surface area contributed by atoms with Gasteiger partial charge in [0.2, 0.25) is 0 Å². The number of aliphatic hydroxyl groups excluding tert-OH is 1. The molecule has 0 amide bonds. The largest absolute Gasteiger partial charge is 0.435 e. The predicted molar refractivity (Wildman–Crippen MR) is 74.5 cm³/mol. The lowest BCUT2D eigenvalue weighted by Gasteiger charge is -2.16. The van der Waals surface area contributed by atoms with Gasteiger partial charge in [-0.05, 0) is 12.1 Å². The summed E-state index contributed by atoms with van der Waals surface area (Å²) in [6.45, 7) is -1.69. The monoisotopic (exact) mass is 446 g/mol. The van der Waals surface area contributed by atoms with E-state index >= 15 is 0 Å². The van der Waals surface area contributed by atoms with E-state index < -0.39 is 63.4 Å². The van der Waals surface area contributed by atoms with Gasteiger partial charge in [-0.2, -0.15) is 44.6 Å². The Morgan fingerprint density at radius 1 is 0.852 bits per heavy atom. The van der Waals surface area contributed by atoms with Crippen molar-refractivity contribution in [2.45, 2.75) is 25.1 Å². The molecule has 150 valence electrons. The molecule has 0 radical (unpaired) electrons. The first-order valence-corrected chi connectivity index (χ1v) is 7.28. The van der Waals surface area contributed by atoms with Crippen LogP contribution in [0.25, 0.3) is 5.69 Å². The molecule has 1 heterocycles. The number of aromatic nitrogens is 2. The van der Waals surface area contributed by atoms with Crippen LogP contribution in [0.4, 0.5) is 39.5 Å². The molecule has 0 aliphatic rings. The van der Waals surface area contributed by atoms with Crippen LogP contribution in [0, 0.1) is 0 Å². The van der Waals surface area contributed by atoms with Crippen molar-refractivity contribution in [3.05, 3.63) is 44.7 Å². The number of halogens is 11. The molecule has 27 heavy (non-hydrogen) atoms. The Hall–Kier alpha value is -1.66. The van der Waals surface area contributed by atoms with Crippen molar-refractivity contribution in [3.63, 3.8) is 0 Å². The molecule has 1 aromatic carbocycles. The summed E-state index contributed by atoms with van der Waals surface area (Å²) in [6.07, 6.45) is -15.8. The van der Waals surface area contributed by atoms with Gasteiger partial charge < -0.3 is 5.11 Å². The Labute approximate surface area is 153 Å². The summed E-state index contributed by atoms with van der Waals surface area (Å²) in [4.78, 5) is 0. The molecule has 3 nitrogen and oxygen atoms in total. The Kier molecular flexibility index (Phi) is 5.40. The topological polar surface area (TPSA) is 38.1 Å². The average molecular weight is 447 g/mol. The maximum absolute atomic E-state index is 13.3. The zero-order valence-electron chi connectivity index (χ0n) is 12.4. The first kappa shape index (κ1) is 21.6. The zero-order chi connectivity index (χ0) is 20.9. The number of aliphatic hydroxyl groups is 1. The highest BCUT2D eigenvalue weighted by molar-refractivity contribution is 6.37. The van der Waals surface area contributed by atoms with Gasteiger partial charge in [-0.15, -0.1) is 0 Å². The SMILES string of the molecule is OCc1c(C(F)(F)F)nn(-c2c(Cl)cc(C(F)(F)F)cc2Cl)c1C(F)(F)F. The second-order valence-corrected chi connectivity index (χ2v) is 5.84. The molecule has 0 bridgehead atoms. The number of hydrogen-bond donors (Lipinski definition) is 1. The van der Waals surface area contributed by atoms with E-state index in [0.29, 0.717) is 0 Å². The summed E-state index contributed by atoms with van der Waals surface area (Å²) in [6, 6.07) is 0.382. The summed E-state index contributed by atoms with van der Waals surface area (Å²) >= 11 is 11.1. The molecule has 14 heteroatoms. The van der Waals surface area contributed by atoms with Crippen LogP contribution in [0.2, 0.25) is 10.0 Å². The van der Waals surface area contributed by atoms with E-state index in [1.807, 2.05) is 0 Å². The number of alkyl halides is 9. The van der Waals surface area contributed by atoms with Gasteiger partial charge in [0.1, 0.15) is 5.69 Å². The molecule has 2 rings (SSSR count). The van der Waals surface area contributed by atoms with Gasteiger partial charge in [-0.3, -0.25) is 0 Å². The van der Waals surface area contributed by atoms with Crippen LogP contribution in [-0.2, 0) is 25.1 Å². The van der Waals surface area contributed by atoms with E-state index in [2.05, 4.69) is 5.10 Å². The van der Waals surface area contributed by atoms with Crippen LogP contribution >= 0.6 is 23.2 Å². The molecule has 0 spiro atoms. The summed E-state index contributed by atoms with van der Waals surface area (Å²) < 4.78 is 117. The Balaban J connectivity index is 2.89. The molecule has 0 aliphatic carbocycles. The normalized spacial score (nSPS) is 13.3. The fraction of sp³-hybridized carbons (Fsp3) is 0.308. The highest BCUT2D eigenvalue weighted by Gasteiger charge is 2.47. The minimum Gasteiger partial charge on any atom is -0.392 e. The highest BCUT2D eigenvalue weighted by Crippen LogP contribution is 2.44. The van der Waals surface area contributed by atoms with Crippen molar-refractivity contribution in [1.29, 1.82) is 0 Å². The molecule has 0 fully saturated rings. The van der Waals surface area contributed by atoms with E-state index in [1.165, 1.54) is 0 Å². The van der Waals surface area contributed by atoms with E-state index in [1.54, 1.807) is 0 Å². The average Bonchev–Trinajstić information content (AvgIpc) is 2.84. The van der Waals surface area contributed by atoms with Crippen LogP contribution in [-0.4, -0.2) is 14.9 Å². The molecule has 0 atom stereocenters. The van der Waals surface area contributed by atoms with Crippen molar-refractivity contribution in [1.82, 2.24) is 9.78 Å². The molecule has 0 aliphatic heterocycles. The van der Waals surface area contributed by atoms with E-state index in [0.717, 1.165) is 0 Å². The first-order chi connectivity index (χ1) is 12.1. The maximum atomic E-state index is 13.3. The third kappa shape index (κ3) is 4.11. The van der Waals surface area contributed by atoms with Crippen molar-refractivity contribution in [2.75, 3.05) is 0 Å². The molecule has 0 saturated carbocycles. The van der Waals surface area contributed by atoms with Crippen molar-refractivity contribution in [2.24, 2.45) is 0 Å². The van der Waals surface area contributed by atoms with Gasteiger partial charge in [0, 0.05) is 5.56 Å². The smallest absolute Gasteiger partial charge is 0.392 e. The molecule has 0 unspecified atom stereocenters. The van der Waals surface area contributed by atoms with Gasteiger partial charge in [-0.1, -0.05) is 23.2 Å². The van der Waals surface area contributed by atoms with Crippen LogP contribution in [0.3, 0.4) is 0 Å². The van der Waals surface area contributed by atoms with Gasteiger partial charge in [-0.25, -0.2) is 4.68 Å². The van der Waals surface area contributed by atoms with Crippen LogP contribution in [0.5, 0.6) is 0 Å². The van der Waals surface area contributed by atoms with E-state index in [-0.39, 0.29) is 16.8 Å². The summed E-state index contributed by atoms with van der Waals surface area (Å²) in [7, 11) is 0. The molecule has 2 aromatic rings. The third-order valence-electron chi connectivity index (χ3n) is 3.23. The molecule has 1 aromatic heterocycles. The summed E-state index contributed by atoms with van der Waals surface area (Å²) in [5, 5.41) is 9.72. The third-order valence-corrected chi connectivity index (χ3v) is 3.81. The number of nitrogens with zero attached hydrogens (tertiary/aromatic N) is 2. The Morgan fingerprint density at radius 3 is 1.67 bits per heavy atom. The summed E-state index contributed by atoms with van der Waals surface area (Å²) in [5.74, 6) is 0. The van der Waals surface area contributed by atoms with Crippen LogP contribution < -0.4 is 0 Å². The fourth-order valence-corrected chi connectivity index (χ4v) is 2.86. The van der Waals surface area contributed by atoms with Gasteiger partial charge in [0.15, 0.2) is 11.4 Å². The number of benzene rings is 1. The minimum absolute atomic E-state index is 0.191. The lowest BCUT2D eigenvalue weighted by Crippen LogP contribution is -2.16.